The first-order valence-electron chi connectivity index (χ1n) is 9.59. The fourth-order valence-corrected chi connectivity index (χ4v) is 3.84. The summed E-state index contributed by atoms with van der Waals surface area (Å²) in [5, 5.41) is 2.91. The first-order valence-corrected chi connectivity index (χ1v) is 11.4. The molecule has 29 heavy (non-hydrogen) atoms. The van der Waals surface area contributed by atoms with Gasteiger partial charge >= 0.3 is 0 Å². The van der Waals surface area contributed by atoms with Crippen molar-refractivity contribution in [2.75, 3.05) is 5.32 Å². The predicted molar refractivity (Wildman–Crippen MR) is 118 cm³/mol. The van der Waals surface area contributed by atoms with E-state index in [4.69, 9.17) is 11.6 Å². The standard InChI is InChI=1S/C22H28ClNO4S/c1-12(2)15-9-17(13(3)4)21(18(10-15)14(5)6)22(25)24-20-11-16(29(26,27)28)7-8-19(20)23/h7-14H,1-6H3,(H,24,25)(H,26,27,28). The maximum absolute atomic E-state index is 13.3. The zero-order valence-corrected chi connectivity index (χ0v) is 19.1. The highest BCUT2D eigenvalue weighted by molar-refractivity contribution is 7.85. The molecule has 0 aliphatic carbocycles. The number of amides is 1. The van der Waals surface area contributed by atoms with E-state index in [-0.39, 0.29) is 33.3 Å². The molecule has 0 aliphatic rings. The number of hydrogen-bond donors (Lipinski definition) is 2. The smallest absolute Gasteiger partial charge is 0.294 e. The van der Waals surface area contributed by atoms with E-state index < -0.39 is 10.1 Å². The maximum atomic E-state index is 13.3. The van der Waals surface area contributed by atoms with Gasteiger partial charge in [-0.15, -0.1) is 0 Å². The Hall–Kier alpha value is -1.89. The van der Waals surface area contributed by atoms with E-state index in [0.29, 0.717) is 11.5 Å². The number of carbonyl (C=O) groups is 1. The summed E-state index contributed by atoms with van der Waals surface area (Å²) in [7, 11) is -4.41. The summed E-state index contributed by atoms with van der Waals surface area (Å²) in [6.07, 6.45) is 0. The number of nitrogens with one attached hydrogen (secondary N) is 1. The highest BCUT2D eigenvalue weighted by Gasteiger charge is 2.23. The van der Waals surface area contributed by atoms with Crippen LogP contribution in [0.2, 0.25) is 5.02 Å². The van der Waals surface area contributed by atoms with E-state index in [1.807, 2.05) is 27.7 Å². The average Bonchev–Trinajstić information content (AvgIpc) is 2.61. The molecule has 0 fully saturated rings. The van der Waals surface area contributed by atoms with Gasteiger partial charge in [0.25, 0.3) is 16.0 Å². The van der Waals surface area contributed by atoms with Crippen LogP contribution in [0.4, 0.5) is 5.69 Å². The molecule has 0 atom stereocenters. The topological polar surface area (TPSA) is 83.5 Å². The lowest BCUT2D eigenvalue weighted by Crippen LogP contribution is -2.19. The lowest BCUT2D eigenvalue weighted by atomic mass is 9.84. The lowest BCUT2D eigenvalue weighted by molar-refractivity contribution is 0.102. The molecule has 0 aliphatic heterocycles. The number of halogens is 1. The summed E-state index contributed by atoms with van der Waals surface area (Å²) in [6.45, 7) is 12.4. The number of anilines is 1. The number of hydrogen-bond acceptors (Lipinski definition) is 3. The van der Waals surface area contributed by atoms with Crippen molar-refractivity contribution in [2.45, 2.75) is 64.2 Å². The molecule has 0 saturated carbocycles. The second-order valence-corrected chi connectivity index (χ2v) is 9.94. The van der Waals surface area contributed by atoms with Crippen LogP contribution >= 0.6 is 11.6 Å². The molecule has 1 amide bonds. The predicted octanol–water partition coefficient (Wildman–Crippen LogP) is 6.21. The number of rotatable bonds is 6. The van der Waals surface area contributed by atoms with Gasteiger partial charge in [0.05, 0.1) is 15.6 Å². The highest BCUT2D eigenvalue weighted by Crippen LogP contribution is 2.33. The second-order valence-electron chi connectivity index (χ2n) is 8.11. The molecule has 0 unspecified atom stereocenters. The van der Waals surface area contributed by atoms with Crippen LogP contribution in [0.1, 0.15) is 86.3 Å². The zero-order chi connectivity index (χ0) is 22.1. The quantitative estimate of drug-likeness (QED) is 0.526. The van der Waals surface area contributed by atoms with Crippen LogP contribution in [0, 0.1) is 0 Å². The molecule has 0 heterocycles. The van der Waals surface area contributed by atoms with Crippen LogP contribution in [0.15, 0.2) is 35.2 Å². The van der Waals surface area contributed by atoms with Gasteiger partial charge in [0.15, 0.2) is 0 Å². The Kier molecular flexibility index (Phi) is 7.14. The van der Waals surface area contributed by atoms with Gasteiger partial charge in [0.2, 0.25) is 0 Å². The maximum Gasteiger partial charge on any atom is 0.294 e. The van der Waals surface area contributed by atoms with Crippen LogP contribution in [0.5, 0.6) is 0 Å². The Morgan fingerprint density at radius 2 is 1.45 bits per heavy atom. The van der Waals surface area contributed by atoms with E-state index in [2.05, 4.69) is 31.3 Å². The molecule has 0 saturated heterocycles. The molecular formula is C22H28ClNO4S. The van der Waals surface area contributed by atoms with Crippen LogP contribution in [0.3, 0.4) is 0 Å². The minimum atomic E-state index is -4.41. The van der Waals surface area contributed by atoms with E-state index in [1.54, 1.807) is 0 Å². The summed E-state index contributed by atoms with van der Waals surface area (Å²) in [5.41, 5.74) is 3.73. The van der Waals surface area contributed by atoms with Gasteiger partial charge in [0, 0.05) is 5.56 Å². The Morgan fingerprint density at radius 1 is 0.931 bits per heavy atom. The average molecular weight is 438 g/mol. The Labute approximate surface area is 178 Å². The molecule has 2 N–H and O–H groups in total. The fourth-order valence-electron chi connectivity index (χ4n) is 3.16. The Morgan fingerprint density at radius 3 is 1.86 bits per heavy atom. The molecular weight excluding hydrogens is 410 g/mol. The molecule has 2 aromatic rings. The Bertz CT molecular complexity index is 998. The minimum absolute atomic E-state index is 0.117. The number of benzene rings is 2. The van der Waals surface area contributed by atoms with Crippen molar-refractivity contribution in [2.24, 2.45) is 0 Å². The largest absolute Gasteiger partial charge is 0.321 e. The lowest BCUT2D eigenvalue weighted by Gasteiger charge is -2.22. The molecule has 0 spiro atoms. The number of carbonyl (C=O) groups excluding carboxylic acids is 1. The van der Waals surface area contributed by atoms with Gasteiger partial charge in [-0.05, 0) is 52.6 Å². The van der Waals surface area contributed by atoms with Crippen molar-refractivity contribution in [3.05, 3.63) is 57.6 Å². The van der Waals surface area contributed by atoms with Crippen molar-refractivity contribution >= 4 is 33.3 Å². The second kappa shape index (κ2) is 8.86. The highest BCUT2D eigenvalue weighted by atomic mass is 35.5. The third-order valence-corrected chi connectivity index (χ3v) is 6.02. The van der Waals surface area contributed by atoms with Crippen LogP contribution in [-0.2, 0) is 10.1 Å². The summed E-state index contributed by atoms with van der Waals surface area (Å²) in [5.74, 6) is 0.197. The van der Waals surface area contributed by atoms with Crippen LogP contribution < -0.4 is 5.32 Å². The van der Waals surface area contributed by atoms with Crippen molar-refractivity contribution in [1.82, 2.24) is 0 Å². The van der Waals surface area contributed by atoms with E-state index >= 15 is 0 Å². The van der Waals surface area contributed by atoms with Gasteiger partial charge in [0.1, 0.15) is 0 Å². The van der Waals surface area contributed by atoms with Crippen molar-refractivity contribution < 1.29 is 17.8 Å². The van der Waals surface area contributed by atoms with Gasteiger partial charge in [-0.25, -0.2) is 0 Å². The fraction of sp³-hybridized carbons (Fsp3) is 0.409. The van der Waals surface area contributed by atoms with Gasteiger partial charge < -0.3 is 5.32 Å². The molecule has 2 rings (SSSR count). The molecule has 0 bridgehead atoms. The summed E-state index contributed by atoms with van der Waals surface area (Å²) < 4.78 is 32.2. The Balaban J connectivity index is 2.61. The summed E-state index contributed by atoms with van der Waals surface area (Å²) >= 11 is 6.16. The molecule has 0 aromatic heterocycles. The van der Waals surface area contributed by atoms with Gasteiger partial charge in [-0.1, -0.05) is 65.3 Å². The molecule has 158 valence electrons. The van der Waals surface area contributed by atoms with Crippen molar-refractivity contribution in [3.8, 4) is 0 Å². The minimum Gasteiger partial charge on any atom is -0.321 e. The monoisotopic (exact) mass is 437 g/mol. The molecule has 5 nitrogen and oxygen atoms in total. The molecule has 7 heteroatoms. The first-order chi connectivity index (χ1) is 13.3. The molecule has 0 radical (unpaired) electrons. The third kappa shape index (κ3) is 5.38. The van der Waals surface area contributed by atoms with Gasteiger partial charge in [-0.3, -0.25) is 9.35 Å². The first kappa shape index (κ1) is 23.4. The van der Waals surface area contributed by atoms with E-state index in [9.17, 15) is 17.8 Å². The van der Waals surface area contributed by atoms with Gasteiger partial charge in [-0.2, -0.15) is 8.42 Å². The van der Waals surface area contributed by atoms with Crippen LogP contribution in [0.25, 0.3) is 0 Å². The SMILES string of the molecule is CC(C)c1cc(C(C)C)c(C(=O)Nc2cc(S(=O)(=O)O)ccc2Cl)c(C(C)C)c1. The normalized spacial score (nSPS) is 12.1. The van der Waals surface area contributed by atoms with Crippen LogP contribution in [-0.4, -0.2) is 18.9 Å². The summed E-state index contributed by atoms with van der Waals surface area (Å²) in [4.78, 5) is 12.9. The molecule has 2 aromatic carbocycles. The third-order valence-electron chi connectivity index (χ3n) is 4.84. The zero-order valence-electron chi connectivity index (χ0n) is 17.6. The van der Waals surface area contributed by atoms with E-state index in [0.717, 1.165) is 17.2 Å². The van der Waals surface area contributed by atoms with E-state index in [1.165, 1.54) is 17.7 Å². The van der Waals surface area contributed by atoms with Crippen molar-refractivity contribution in [3.63, 3.8) is 0 Å². The summed E-state index contributed by atoms with van der Waals surface area (Å²) in [6, 6.07) is 7.79. The van der Waals surface area contributed by atoms with Crippen molar-refractivity contribution in [1.29, 1.82) is 0 Å².